The predicted molar refractivity (Wildman–Crippen MR) is 70.7 cm³/mol. The first-order valence-corrected chi connectivity index (χ1v) is 6.31. The third-order valence-electron chi connectivity index (χ3n) is 2.27. The number of pyridine rings is 1. The predicted octanol–water partition coefficient (Wildman–Crippen LogP) is 3.14. The second kappa shape index (κ2) is 5.80. The number of nitrogens with two attached hydrogens (primary N) is 1. The van der Waals surface area contributed by atoms with Crippen molar-refractivity contribution < 1.29 is 4.39 Å². The summed E-state index contributed by atoms with van der Waals surface area (Å²) in [4.78, 5) is 4.45. The number of nitrogens with zero attached hydrogens (tertiary/aromatic N) is 1. The van der Waals surface area contributed by atoms with E-state index in [-0.39, 0.29) is 18.1 Å². The summed E-state index contributed by atoms with van der Waals surface area (Å²) in [7, 11) is 0. The van der Waals surface area contributed by atoms with Crippen LogP contribution in [-0.2, 0) is 0 Å². The van der Waals surface area contributed by atoms with Crippen LogP contribution in [0.2, 0.25) is 0 Å². The van der Waals surface area contributed by atoms with Gasteiger partial charge < -0.3 is 5.73 Å². The van der Waals surface area contributed by atoms with Crippen molar-refractivity contribution in [1.29, 1.82) is 0 Å². The Balaban J connectivity index is 2.12. The molecule has 0 saturated heterocycles. The van der Waals surface area contributed by atoms with E-state index in [1.807, 2.05) is 36.4 Å². The van der Waals surface area contributed by atoms with Gasteiger partial charge in [0.25, 0.3) is 0 Å². The van der Waals surface area contributed by atoms with Crippen LogP contribution in [0.4, 0.5) is 4.39 Å². The number of halogens is 1. The molecule has 1 aromatic heterocycles. The number of hydrogen-bond donors (Lipinski definition) is 1. The van der Waals surface area contributed by atoms with Crippen molar-refractivity contribution in [2.45, 2.75) is 5.03 Å². The van der Waals surface area contributed by atoms with Crippen LogP contribution in [0.25, 0.3) is 10.9 Å². The molecule has 0 aliphatic carbocycles. The van der Waals surface area contributed by atoms with Crippen LogP contribution in [0.1, 0.15) is 0 Å². The Morgan fingerprint density at radius 1 is 1.29 bits per heavy atom. The molecule has 2 N–H and O–H groups in total. The minimum atomic E-state index is -0.201. The van der Waals surface area contributed by atoms with E-state index in [1.165, 1.54) is 17.8 Å². The summed E-state index contributed by atoms with van der Waals surface area (Å²) in [5.74, 6) is 0.0789. The van der Waals surface area contributed by atoms with Crippen molar-refractivity contribution in [3.8, 4) is 0 Å². The second-order valence-electron chi connectivity index (χ2n) is 3.52. The Kier molecular flexibility index (Phi) is 4.12. The van der Waals surface area contributed by atoms with Crippen LogP contribution in [0.5, 0.6) is 0 Å². The van der Waals surface area contributed by atoms with Gasteiger partial charge in [0.2, 0.25) is 0 Å². The van der Waals surface area contributed by atoms with Crippen LogP contribution in [-0.4, -0.2) is 17.3 Å². The molecule has 0 aliphatic rings. The zero-order chi connectivity index (χ0) is 12.1. The van der Waals surface area contributed by atoms with E-state index in [0.717, 1.165) is 15.9 Å². The highest BCUT2D eigenvalue weighted by molar-refractivity contribution is 7.99. The third kappa shape index (κ3) is 3.28. The highest BCUT2D eigenvalue weighted by Crippen LogP contribution is 2.21. The summed E-state index contributed by atoms with van der Waals surface area (Å²) in [5.41, 5.74) is 6.16. The van der Waals surface area contributed by atoms with Crippen LogP contribution in [0, 0.1) is 0 Å². The molecule has 0 aliphatic heterocycles. The van der Waals surface area contributed by atoms with Crippen molar-refractivity contribution in [3.63, 3.8) is 0 Å². The van der Waals surface area contributed by atoms with Gasteiger partial charge in [0.1, 0.15) is 5.83 Å². The molecule has 0 radical (unpaired) electrons. The summed E-state index contributed by atoms with van der Waals surface area (Å²) in [6, 6.07) is 11.8. The van der Waals surface area contributed by atoms with Crippen LogP contribution >= 0.6 is 11.8 Å². The van der Waals surface area contributed by atoms with Gasteiger partial charge in [-0.1, -0.05) is 36.0 Å². The number of benzene rings is 1. The van der Waals surface area contributed by atoms with Gasteiger partial charge in [0, 0.05) is 11.9 Å². The maximum absolute atomic E-state index is 13.1. The molecule has 0 unspecified atom stereocenters. The zero-order valence-corrected chi connectivity index (χ0v) is 10.1. The van der Waals surface area contributed by atoms with Crippen LogP contribution in [0.3, 0.4) is 0 Å². The van der Waals surface area contributed by atoms with Gasteiger partial charge in [0.15, 0.2) is 0 Å². The van der Waals surface area contributed by atoms with Crippen molar-refractivity contribution >= 4 is 22.7 Å². The zero-order valence-electron chi connectivity index (χ0n) is 9.27. The fourth-order valence-electron chi connectivity index (χ4n) is 1.46. The second-order valence-corrected chi connectivity index (χ2v) is 4.51. The number of hydrogen-bond acceptors (Lipinski definition) is 3. The monoisotopic (exact) mass is 248 g/mol. The maximum Gasteiger partial charge on any atom is 0.107 e. The van der Waals surface area contributed by atoms with Crippen molar-refractivity contribution in [1.82, 2.24) is 4.98 Å². The van der Waals surface area contributed by atoms with Gasteiger partial charge >= 0.3 is 0 Å². The SMILES string of the molecule is NC/C=C(\F)CSc1ccc2ccccc2n1. The van der Waals surface area contributed by atoms with Gasteiger partial charge in [-0.3, -0.25) is 0 Å². The average Bonchev–Trinajstić information content (AvgIpc) is 2.36. The summed E-state index contributed by atoms with van der Waals surface area (Å²) in [6.07, 6.45) is 1.38. The maximum atomic E-state index is 13.1. The smallest absolute Gasteiger partial charge is 0.107 e. The quantitative estimate of drug-likeness (QED) is 0.845. The topological polar surface area (TPSA) is 38.9 Å². The lowest BCUT2D eigenvalue weighted by atomic mass is 10.2. The molecule has 4 heteroatoms. The van der Waals surface area contributed by atoms with Crippen molar-refractivity contribution in [2.24, 2.45) is 5.73 Å². The molecule has 0 fully saturated rings. The Morgan fingerprint density at radius 3 is 2.94 bits per heavy atom. The summed E-state index contributed by atoms with van der Waals surface area (Å²) >= 11 is 1.37. The first kappa shape index (κ1) is 12.1. The Morgan fingerprint density at radius 2 is 2.12 bits per heavy atom. The summed E-state index contributed by atoms with van der Waals surface area (Å²) in [6.45, 7) is 0.234. The molecule has 88 valence electrons. The van der Waals surface area contributed by atoms with Crippen molar-refractivity contribution in [2.75, 3.05) is 12.3 Å². The standard InChI is InChI=1S/C13H13FN2S/c14-11(7-8-15)9-17-13-6-5-10-3-1-2-4-12(10)16-13/h1-7H,8-9,15H2/b11-7-. The molecular weight excluding hydrogens is 235 g/mol. The van der Waals surface area contributed by atoms with Crippen LogP contribution < -0.4 is 5.73 Å². The Hall–Kier alpha value is -1.39. The molecule has 2 rings (SSSR count). The minimum absolute atomic E-state index is 0.201. The molecule has 0 saturated carbocycles. The van der Waals surface area contributed by atoms with Gasteiger partial charge in [-0.25, -0.2) is 9.37 Å². The lowest BCUT2D eigenvalue weighted by Gasteiger charge is -2.01. The first-order valence-electron chi connectivity index (χ1n) is 5.33. The van der Waals surface area contributed by atoms with Gasteiger partial charge in [-0.15, -0.1) is 0 Å². The van der Waals surface area contributed by atoms with E-state index in [2.05, 4.69) is 4.98 Å². The molecule has 2 aromatic rings. The molecule has 0 spiro atoms. The Labute approximate surface area is 104 Å². The fourth-order valence-corrected chi connectivity index (χ4v) is 2.19. The largest absolute Gasteiger partial charge is 0.327 e. The van der Waals surface area contributed by atoms with Gasteiger partial charge in [-0.2, -0.15) is 0 Å². The lowest BCUT2D eigenvalue weighted by Crippen LogP contribution is -1.95. The highest BCUT2D eigenvalue weighted by Gasteiger charge is 2.00. The van der Waals surface area contributed by atoms with E-state index in [9.17, 15) is 4.39 Å². The van der Waals surface area contributed by atoms with Gasteiger partial charge in [0.05, 0.1) is 16.3 Å². The molecule has 1 heterocycles. The number of fused-ring (bicyclic) bond motifs is 1. The number of rotatable bonds is 4. The average molecular weight is 248 g/mol. The summed E-state index contributed by atoms with van der Waals surface area (Å²) in [5, 5.41) is 1.92. The molecular formula is C13H13FN2S. The molecule has 2 nitrogen and oxygen atoms in total. The summed E-state index contributed by atoms with van der Waals surface area (Å²) < 4.78 is 13.1. The lowest BCUT2D eigenvalue weighted by molar-refractivity contribution is 0.640. The van der Waals surface area contributed by atoms with Crippen molar-refractivity contribution in [3.05, 3.63) is 48.3 Å². The first-order chi connectivity index (χ1) is 8.29. The number of para-hydroxylation sites is 1. The van der Waals surface area contributed by atoms with E-state index >= 15 is 0 Å². The molecule has 1 aromatic carbocycles. The molecule has 0 atom stereocenters. The minimum Gasteiger partial charge on any atom is -0.327 e. The normalized spacial score (nSPS) is 12.0. The molecule has 17 heavy (non-hydrogen) atoms. The number of thioether (sulfide) groups is 1. The van der Waals surface area contributed by atoms with E-state index in [0.29, 0.717) is 0 Å². The Bertz CT molecular complexity index is 540. The highest BCUT2D eigenvalue weighted by atomic mass is 32.2. The molecule has 0 amide bonds. The fraction of sp³-hybridized carbons (Fsp3) is 0.154. The van der Waals surface area contributed by atoms with Crippen LogP contribution in [0.15, 0.2) is 53.3 Å². The third-order valence-corrected chi connectivity index (χ3v) is 3.21. The van der Waals surface area contributed by atoms with E-state index < -0.39 is 0 Å². The van der Waals surface area contributed by atoms with E-state index in [1.54, 1.807) is 0 Å². The number of aromatic nitrogens is 1. The van der Waals surface area contributed by atoms with E-state index in [4.69, 9.17) is 5.73 Å². The molecule has 0 bridgehead atoms. The van der Waals surface area contributed by atoms with Gasteiger partial charge in [-0.05, 0) is 18.2 Å².